The van der Waals surface area contributed by atoms with Crippen LogP contribution in [0.2, 0.25) is 0 Å². The number of hydrogen-bond donors (Lipinski definition) is 1. The lowest BCUT2D eigenvalue weighted by atomic mass is 9.92. The van der Waals surface area contributed by atoms with E-state index in [2.05, 4.69) is 71.5 Å². The Morgan fingerprint density at radius 3 is 2.31 bits per heavy atom. The van der Waals surface area contributed by atoms with E-state index in [1.807, 2.05) is 24.3 Å². The van der Waals surface area contributed by atoms with Crippen LogP contribution in [-0.2, 0) is 16.8 Å². The standard InChI is InChI=1S/C22H27N3O/c1-22(21-13-15-23-24-21,20-11-7-4-8-12-20)26-18-17-25(2)16-14-19-9-5-3-6-10-19/h3-13,15H,14,16-18H2,1-2H3,(H,23,24)/t22-/m0/s1. The molecule has 0 aliphatic rings. The van der Waals surface area contributed by atoms with Crippen molar-refractivity contribution in [3.8, 4) is 0 Å². The first-order valence-corrected chi connectivity index (χ1v) is 9.10. The SMILES string of the molecule is CN(CCO[C@@](C)(c1ccccc1)c1ccn[nH]1)CCc1ccccc1. The highest BCUT2D eigenvalue weighted by molar-refractivity contribution is 5.31. The Morgan fingerprint density at radius 1 is 0.962 bits per heavy atom. The number of nitrogens with one attached hydrogen (secondary N) is 1. The van der Waals surface area contributed by atoms with Gasteiger partial charge in [-0.3, -0.25) is 5.10 Å². The lowest BCUT2D eigenvalue weighted by molar-refractivity contribution is -0.0149. The lowest BCUT2D eigenvalue weighted by Crippen LogP contribution is -2.33. The van der Waals surface area contributed by atoms with Crippen molar-refractivity contribution in [2.75, 3.05) is 26.7 Å². The zero-order valence-electron chi connectivity index (χ0n) is 15.6. The maximum atomic E-state index is 6.37. The average Bonchev–Trinajstić information content (AvgIpc) is 3.23. The van der Waals surface area contributed by atoms with Crippen molar-refractivity contribution in [2.45, 2.75) is 18.9 Å². The van der Waals surface area contributed by atoms with Gasteiger partial charge in [0.1, 0.15) is 5.60 Å². The van der Waals surface area contributed by atoms with Gasteiger partial charge in [-0.1, -0.05) is 60.7 Å². The third-order valence-electron chi connectivity index (χ3n) is 4.83. The molecule has 0 saturated carbocycles. The van der Waals surface area contributed by atoms with E-state index in [9.17, 15) is 0 Å². The summed E-state index contributed by atoms with van der Waals surface area (Å²) in [6.45, 7) is 4.64. The monoisotopic (exact) mass is 349 g/mol. The van der Waals surface area contributed by atoms with E-state index in [1.54, 1.807) is 6.20 Å². The Balaban J connectivity index is 1.57. The number of hydrogen-bond acceptors (Lipinski definition) is 3. The lowest BCUT2D eigenvalue weighted by Gasteiger charge is -2.30. The molecule has 0 bridgehead atoms. The highest BCUT2D eigenvalue weighted by Gasteiger charge is 2.31. The number of nitrogens with zero attached hydrogens (tertiary/aromatic N) is 2. The van der Waals surface area contributed by atoms with E-state index in [0.29, 0.717) is 6.61 Å². The van der Waals surface area contributed by atoms with Crippen molar-refractivity contribution in [3.63, 3.8) is 0 Å². The number of rotatable bonds is 9. The van der Waals surface area contributed by atoms with Gasteiger partial charge in [-0.15, -0.1) is 0 Å². The van der Waals surface area contributed by atoms with Gasteiger partial charge in [0.05, 0.1) is 12.3 Å². The highest BCUT2D eigenvalue weighted by Crippen LogP contribution is 2.31. The molecule has 1 aromatic heterocycles. The molecular formula is C22H27N3O. The van der Waals surface area contributed by atoms with E-state index >= 15 is 0 Å². The van der Waals surface area contributed by atoms with E-state index in [4.69, 9.17) is 4.74 Å². The summed E-state index contributed by atoms with van der Waals surface area (Å²) in [5, 5.41) is 7.18. The molecular weight excluding hydrogens is 322 g/mol. The molecule has 0 spiro atoms. The summed E-state index contributed by atoms with van der Waals surface area (Å²) in [6, 6.07) is 22.9. The molecule has 136 valence electrons. The highest BCUT2D eigenvalue weighted by atomic mass is 16.5. The quantitative estimate of drug-likeness (QED) is 0.638. The molecule has 0 aliphatic carbocycles. The van der Waals surface area contributed by atoms with Gasteiger partial charge in [-0.2, -0.15) is 5.10 Å². The number of ether oxygens (including phenoxy) is 1. The minimum absolute atomic E-state index is 0.530. The second-order valence-corrected chi connectivity index (χ2v) is 6.76. The first-order valence-electron chi connectivity index (χ1n) is 9.10. The van der Waals surface area contributed by atoms with Crippen molar-refractivity contribution in [3.05, 3.63) is 89.7 Å². The maximum absolute atomic E-state index is 6.37. The largest absolute Gasteiger partial charge is 0.363 e. The van der Waals surface area contributed by atoms with Crippen molar-refractivity contribution in [1.82, 2.24) is 15.1 Å². The molecule has 0 unspecified atom stereocenters. The van der Waals surface area contributed by atoms with Crippen LogP contribution in [0.1, 0.15) is 23.7 Å². The van der Waals surface area contributed by atoms with Crippen LogP contribution in [-0.4, -0.2) is 41.8 Å². The average molecular weight is 349 g/mol. The van der Waals surface area contributed by atoms with Crippen LogP contribution >= 0.6 is 0 Å². The Bertz CT molecular complexity index is 759. The van der Waals surface area contributed by atoms with Crippen molar-refractivity contribution < 1.29 is 4.74 Å². The van der Waals surface area contributed by atoms with Crippen molar-refractivity contribution in [2.24, 2.45) is 0 Å². The number of aromatic amines is 1. The van der Waals surface area contributed by atoms with E-state index < -0.39 is 5.60 Å². The zero-order chi connectivity index (χ0) is 18.2. The molecule has 26 heavy (non-hydrogen) atoms. The van der Waals surface area contributed by atoms with Gasteiger partial charge in [0, 0.05) is 19.3 Å². The Labute approximate surface area is 155 Å². The number of benzene rings is 2. The Morgan fingerprint density at radius 2 is 1.65 bits per heavy atom. The second-order valence-electron chi connectivity index (χ2n) is 6.76. The third-order valence-corrected chi connectivity index (χ3v) is 4.83. The van der Waals surface area contributed by atoms with E-state index in [-0.39, 0.29) is 0 Å². The molecule has 0 radical (unpaired) electrons. The fraction of sp³-hybridized carbons (Fsp3) is 0.318. The molecule has 3 aromatic rings. The summed E-state index contributed by atoms with van der Waals surface area (Å²) in [4.78, 5) is 2.31. The van der Waals surface area contributed by atoms with Crippen molar-refractivity contribution >= 4 is 0 Å². The molecule has 0 fully saturated rings. The Hall–Kier alpha value is -2.43. The number of aromatic nitrogens is 2. The van der Waals surface area contributed by atoms with Crippen LogP contribution in [0.3, 0.4) is 0 Å². The van der Waals surface area contributed by atoms with Gasteiger partial charge in [0.2, 0.25) is 0 Å². The molecule has 4 nitrogen and oxygen atoms in total. The van der Waals surface area contributed by atoms with E-state index in [0.717, 1.165) is 30.8 Å². The maximum Gasteiger partial charge on any atom is 0.132 e. The minimum atomic E-state index is -0.530. The summed E-state index contributed by atoms with van der Waals surface area (Å²) in [7, 11) is 2.14. The normalized spacial score (nSPS) is 13.7. The number of H-pyrrole nitrogens is 1. The van der Waals surface area contributed by atoms with Gasteiger partial charge in [-0.25, -0.2) is 0 Å². The van der Waals surface area contributed by atoms with Crippen molar-refractivity contribution in [1.29, 1.82) is 0 Å². The van der Waals surface area contributed by atoms with Gasteiger partial charge < -0.3 is 9.64 Å². The van der Waals surface area contributed by atoms with Gasteiger partial charge in [-0.05, 0) is 37.6 Å². The molecule has 0 amide bonds. The molecule has 4 heteroatoms. The summed E-state index contributed by atoms with van der Waals surface area (Å²) < 4.78 is 6.37. The third kappa shape index (κ3) is 4.59. The van der Waals surface area contributed by atoms with Crippen LogP contribution in [0.4, 0.5) is 0 Å². The molecule has 2 aromatic carbocycles. The fourth-order valence-electron chi connectivity index (χ4n) is 3.08. The van der Waals surface area contributed by atoms with Gasteiger partial charge >= 0.3 is 0 Å². The molecule has 0 saturated heterocycles. The first kappa shape index (κ1) is 18.4. The molecule has 1 N–H and O–H groups in total. The molecule has 1 heterocycles. The smallest absolute Gasteiger partial charge is 0.132 e. The molecule has 0 aliphatic heterocycles. The van der Waals surface area contributed by atoms with Crippen LogP contribution < -0.4 is 0 Å². The Kier molecular flexibility index (Phi) is 6.21. The summed E-state index contributed by atoms with van der Waals surface area (Å²) in [6.07, 6.45) is 2.82. The first-order chi connectivity index (χ1) is 12.7. The molecule has 1 atom stereocenters. The van der Waals surface area contributed by atoms with Gasteiger partial charge in [0.15, 0.2) is 0 Å². The number of likely N-dealkylation sites (N-methyl/N-ethyl adjacent to an activating group) is 1. The fourth-order valence-corrected chi connectivity index (χ4v) is 3.08. The van der Waals surface area contributed by atoms with Crippen LogP contribution in [0.25, 0.3) is 0 Å². The van der Waals surface area contributed by atoms with Crippen LogP contribution in [0, 0.1) is 0 Å². The minimum Gasteiger partial charge on any atom is -0.363 e. The summed E-state index contributed by atoms with van der Waals surface area (Å²) in [5.41, 5.74) is 2.93. The summed E-state index contributed by atoms with van der Waals surface area (Å²) in [5.74, 6) is 0. The summed E-state index contributed by atoms with van der Waals surface area (Å²) >= 11 is 0. The van der Waals surface area contributed by atoms with Crippen LogP contribution in [0.5, 0.6) is 0 Å². The van der Waals surface area contributed by atoms with Crippen LogP contribution in [0.15, 0.2) is 72.9 Å². The van der Waals surface area contributed by atoms with E-state index in [1.165, 1.54) is 5.56 Å². The zero-order valence-corrected chi connectivity index (χ0v) is 15.6. The topological polar surface area (TPSA) is 41.1 Å². The molecule has 3 rings (SSSR count). The predicted octanol–water partition coefficient (Wildman–Crippen LogP) is 3.86. The van der Waals surface area contributed by atoms with Gasteiger partial charge in [0.25, 0.3) is 0 Å². The second kappa shape index (κ2) is 8.79. The predicted molar refractivity (Wildman–Crippen MR) is 105 cm³/mol.